The Morgan fingerprint density at radius 2 is 1.63 bits per heavy atom. The van der Waals surface area contributed by atoms with E-state index in [9.17, 15) is 4.79 Å². The molecule has 1 aromatic heterocycles. The minimum Gasteiger partial charge on any atom is -0.265 e. The van der Waals surface area contributed by atoms with Gasteiger partial charge in [0.1, 0.15) is 5.70 Å². The Bertz CT molecular complexity index is 660. The van der Waals surface area contributed by atoms with Crippen LogP contribution in [-0.4, -0.2) is 10.9 Å². The highest BCUT2D eigenvalue weighted by molar-refractivity contribution is 6.04. The van der Waals surface area contributed by atoms with Gasteiger partial charge in [-0.1, -0.05) is 30.3 Å². The van der Waals surface area contributed by atoms with Crippen LogP contribution < -0.4 is 0 Å². The Kier molecular flexibility index (Phi) is 2.98. The molecule has 2 heterocycles. The van der Waals surface area contributed by atoms with Gasteiger partial charge in [0.05, 0.1) is 5.57 Å². The molecule has 0 N–H and O–H groups in total. The maximum absolute atomic E-state index is 11.8. The molecular weight excluding hydrogens is 238 g/mol. The summed E-state index contributed by atoms with van der Waals surface area (Å²) >= 11 is 0. The monoisotopic (exact) mass is 249 g/mol. The first-order chi connectivity index (χ1) is 9.34. The number of pyridine rings is 1. The van der Waals surface area contributed by atoms with Crippen molar-refractivity contribution in [2.75, 3.05) is 0 Å². The summed E-state index contributed by atoms with van der Waals surface area (Å²) in [5, 5.41) is 7.66. The van der Waals surface area contributed by atoms with E-state index in [2.05, 4.69) is 15.2 Å². The number of azo groups is 1. The van der Waals surface area contributed by atoms with Gasteiger partial charge in [-0.2, -0.15) is 0 Å². The van der Waals surface area contributed by atoms with Crippen LogP contribution in [0.4, 0.5) is 0 Å². The molecule has 1 aromatic carbocycles. The van der Waals surface area contributed by atoms with Gasteiger partial charge >= 0.3 is 0 Å². The molecule has 0 fully saturated rings. The van der Waals surface area contributed by atoms with Gasteiger partial charge in [-0.3, -0.25) is 9.78 Å². The Balaban J connectivity index is 1.99. The highest BCUT2D eigenvalue weighted by Gasteiger charge is 2.22. The van der Waals surface area contributed by atoms with E-state index in [1.807, 2.05) is 42.5 Å². The third-order valence-electron chi connectivity index (χ3n) is 2.96. The highest BCUT2D eigenvalue weighted by atomic mass is 16.2. The van der Waals surface area contributed by atoms with E-state index in [0.29, 0.717) is 17.7 Å². The van der Waals surface area contributed by atoms with Crippen molar-refractivity contribution in [1.82, 2.24) is 4.98 Å². The summed E-state index contributed by atoms with van der Waals surface area (Å²) < 4.78 is 0. The van der Waals surface area contributed by atoms with Crippen LogP contribution in [0.15, 0.2) is 70.7 Å². The van der Waals surface area contributed by atoms with Gasteiger partial charge in [0.15, 0.2) is 0 Å². The van der Waals surface area contributed by atoms with Gasteiger partial charge in [0.2, 0.25) is 0 Å². The second-order valence-corrected chi connectivity index (χ2v) is 4.23. The van der Waals surface area contributed by atoms with E-state index >= 15 is 0 Å². The second-order valence-electron chi connectivity index (χ2n) is 4.23. The molecule has 1 aliphatic rings. The number of aromatic nitrogens is 1. The molecule has 4 nitrogen and oxygen atoms in total. The third kappa shape index (κ3) is 2.33. The number of amides is 1. The van der Waals surface area contributed by atoms with E-state index in [1.54, 1.807) is 12.4 Å². The van der Waals surface area contributed by atoms with Crippen molar-refractivity contribution in [3.63, 3.8) is 0 Å². The third-order valence-corrected chi connectivity index (χ3v) is 2.96. The van der Waals surface area contributed by atoms with Gasteiger partial charge in [0.25, 0.3) is 5.91 Å². The lowest BCUT2D eigenvalue weighted by molar-refractivity contribution is -0.114. The summed E-state index contributed by atoms with van der Waals surface area (Å²) in [5.41, 5.74) is 3.23. The van der Waals surface area contributed by atoms with E-state index < -0.39 is 0 Å². The fourth-order valence-electron chi connectivity index (χ4n) is 2.02. The Morgan fingerprint density at radius 1 is 0.895 bits per heavy atom. The van der Waals surface area contributed by atoms with Crippen LogP contribution in [0.25, 0.3) is 5.70 Å². The molecule has 0 unspecified atom stereocenters. The molecule has 2 aromatic rings. The molecule has 1 aliphatic heterocycles. The molecule has 3 rings (SSSR count). The molecule has 1 amide bonds. The lowest BCUT2D eigenvalue weighted by atomic mass is 10.0. The number of hydrogen-bond donors (Lipinski definition) is 0. The van der Waals surface area contributed by atoms with Crippen LogP contribution in [0.1, 0.15) is 11.1 Å². The molecule has 4 heteroatoms. The van der Waals surface area contributed by atoms with Gasteiger partial charge in [-0.25, -0.2) is 0 Å². The normalized spacial score (nSPS) is 14.2. The van der Waals surface area contributed by atoms with Crippen LogP contribution in [0.3, 0.4) is 0 Å². The van der Waals surface area contributed by atoms with E-state index in [4.69, 9.17) is 0 Å². The average molecular weight is 249 g/mol. The first-order valence-electron chi connectivity index (χ1n) is 5.98. The smallest absolute Gasteiger partial charge is 0.265 e. The quantitative estimate of drug-likeness (QED) is 0.839. The van der Waals surface area contributed by atoms with Gasteiger partial charge in [0, 0.05) is 24.4 Å². The molecule has 0 radical (unpaired) electrons. The second kappa shape index (κ2) is 4.94. The van der Waals surface area contributed by atoms with Crippen LogP contribution in [-0.2, 0) is 11.2 Å². The Hall–Kier alpha value is -2.62. The van der Waals surface area contributed by atoms with E-state index in [1.165, 1.54) is 0 Å². The van der Waals surface area contributed by atoms with Crippen molar-refractivity contribution in [3.05, 3.63) is 71.6 Å². The molecule has 0 aliphatic carbocycles. The van der Waals surface area contributed by atoms with Crippen molar-refractivity contribution in [3.8, 4) is 0 Å². The number of benzene rings is 1. The molecule has 19 heavy (non-hydrogen) atoms. The summed E-state index contributed by atoms with van der Waals surface area (Å²) in [6, 6.07) is 13.5. The highest BCUT2D eigenvalue weighted by Crippen LogP contribution is 2.28. The molecule has 0 bridgehead atoms. The molecule has 0 spiro atoms. The lowest BCUT2D eigenvalue weighted by Gasteiger charge is -2.03. The maximum Gasteiger partial charge on any atom is 0.293 e. The number of rotatable bonds is 3. The molecule has 92 valence electrons. The Labute approximate surface area is 110 Å². The minimum atomic E-state index is -0.254. The summed E-state index contributed by atoms with van der Waals surface area (Å²) in [5.74, 6) is -0.254. The summed E-state index contributed by atoms with van der Waals surface area (Å²) in [6.45, 7) is 0. The summed E-state index contributed by atoms with van der Waals surface area (Å²) in [4.78, 5) is 15.8. The first-order valence-corrected chi connectivity index (χ1v) is 5.98. The largest absolute Gasteiger partial charge is 0.293 e. The fourth-order valence-corrected chi connectivity index (χ4v) is 2.02. The Morgan fingerprint density at radius 3 is 2.37 bits per heavy atom. The van der Waals surface area contributed by atoms with Gasteiger partial charge in [-0.15, -0.1) is 10.2 Å². The fraction of sp³-hybridized carbons (Fsp3) is 0.0667. The van der Waals surface area contributed by atoms with Crippen molar-refractivity contribution >= 4 is 11.6 Å². The summed E-state index contributed by atoms with van der Waals surface area (Å²) in [6.07, 6.45) is 3.91. The predicted octanol–water partition coefficient (Wildman–Crippen LogP) is 3.03. The van der Waals surface area contributed by atoms with Gasteiger partial charge in [-0.05, 0) is 17.7 Å². The van der Waals surface area contributed by atoms with Crippen molar-refractivity contribution in [1.29, 1.82) is 0 Å². The zero-order valence-corrected chi connectivity index (χ0v) is 10.2. The lowest BCUT2D eigenvalue weighted by Crippen LogP contribution is -2.00. The molecule has 0 saturated carbocycles. The maximum atomic E-state index is 11.8. The van der Waals surface area contributed by atoms with Crippen molar-refractivity contribution in [2.45, 2.75) is 6.42 Å². The van der Waals surface area contributed by atoms with E-state index in [0.717, 1.165) is 11.1 Å². The number of hydrogen-bond acceptors (Lipinski definition) is 3. The zero-order valence-electron chi connectivity index (χ0n) is 10.2. The van der Waals surface area contributed by atoms with Crippen LogP contribution in [0.5, 0.6) is 0 Å². The standard InChI is InChI=1S/C15H11N3O/c19-15-13(10-11-4-2-1-3-5-11)14(17-18-15)12-6-8-16-9-7-12/h1-9H,10H2. The summed E-state index contributed by atoms with van der Waals surface area (Å²) in [7, 11) is 0. The minimum absolute atomic E-state index is 0.254. The van der Waals surface area contributed by atoms with Gasteiger partial charge < -0.3 is 0 Å². The van der Waals surface area contributed by atoms with Crippen LogP contribution in [0.2, 0.25) is 0 Å². The predicted molar refractivity (Wildman–Crippen MR) is 71.2 cm³/mol. The van der Waals surface area contributed by atoms with Crippen molar-refractivity contribution in [2.24, 2.45) is 10.2 Å². The SMILES string of the molecule is O=C1N=NC(c2ccncc2)=C1Cc1ccccc1. The van der Waals surface area contributed by atoms with Crippen LogP contribution >= 0.6 is 0 Å². The first kappa shape index (κ1) is 11.5. The number of nitrogens with zero attached hydrogens (tertiary/aromatic N) is 3. The number of carbonyl (C=O) groups excluding carboxylic acids is 1. The van der Waals surface area contributed by atoms with Crippen molar-refractivity contribution < 1.29 is 4.79 Å². The topological polar surface area (TPSA) is 54.7 Å². The molecular formula is C15H11N3O. The zero-order chi connectivity index (χ0) is 13.1. The number of carbonyl (C=O) groups is 1. The molecule has 0 atom stereocenters. The molecule has 0 saturated heterocycles. The van der Waals surface area contributed by atoms with E-state index in [-0.39, 0.29) is 5.91 Å². The average Bonchev–Trinajstić information content (AvgIpc) is 2.82. The van der Waals surface area contributed by atoms with Crippen LogP contribution in [0, 0.1) is 0 Å².